The van der Waals surface area contributed by atoms with Gasteiger partial charge in [0.25, 0.3) is 5.69 Å². The lowest BCUT2D eigenvalue weighted by Gasteiger charge is -2.04. The molecule has 1 aromatic carbocycles. The Morgan fingerprint density at radius 3 is 2.74 bits per heavy atom. The lowest BCUT2D eigenvalue weighted by Crippen LogP contribution is -2.12. The first-order valence-corrected chi connectivity index (χ1v) is 8.64. The number of nitrogens with zero attached hydrogens (tertiary/aromatic N) is 3. The summed E-state index contributed by atoms with van der Waals surface area (Å²) in [6.45, 7) is 0. The fourth-order valence-electron chi connectivity index (χ4n) is 2.00. The molecule has 0 saturated heterocycles. The number of benzene rings is 1. The van der Waals surface area contributed by atoms with E-state index >= 15 is 0 Å². The first kappa shape index (κ1) is 15.5. The molecule has 0 atom stereocenters. The van der Waals surface area contributed by atoms with E-state index in [1.807, 2.05) is 18.2 Å². The van der Waals surface area contributed by atoms with E-state index in [0.717, 1.165) is 23.3 Å². The van der Waals surface area contributed by atoms with Crippen LogP contribution in [0.4, 0.5) is 5.69 Å². The van der Waals surface area contributed by atoms with Gasteiger partial charge in [0, 0.05) is 12.3 Å². The second kappa shape index (κ2) is 5.65. The molecule has 0 aliphatic heterocycles. The fraction of sp³-hybridized carbons (Fsp3) is 0. The summed E-state index contributed by atoms with van der Waals surface area (Å²) in [5.41, 5.74) is 0.507. The summed E-state index contributed by atoms with van der Waals surface area (Å²) in [5, 5.41) is 16.8. The average molecular weight is 350 g/mol. The van der Waals surface area contributed by atoms with Crippen LogP contribution in [0.25, 0.3) is 5.52 Å². The minimum atomic E-state index is -4.01. The number of rotatable bonds is 4. The number of sulfonamides is 1. The number of nitrogens with two attached hydrogens (primary N) is 1. The van der Waals surface area contributed by atoms with Crippen molar-refractivity contribution in [3.05, 3.63) is 58.9 Å². The summed E-state index contributed by atoms with van der Waals surface area (Å²) < 4.78 is 24.5. The number of nitro benzene ring substituents is 1. The molecule has 2 aromatic heterocycles. The van der Waals surface area contributed by atoms with Crippen LogP contribution in [0.2, 0.25) is 0 Å². The molecular weight excluding hydrogens is 340 g/mol. The molecule has 3 aromatic rings. The SMILES string of the molecule is NS(=O)(=O)c1ccc(Sc2ncc3ccccn23)c([N+](=O)[O-])c1. The van der Waals surface area contributed by atoms with Gasteiger partial charge in [0.2, 0.25) is 10.0 Å². The van der Waals surface area contributed by atoms with Crippen LogP contribution in [-0.2, 0) is 10.0 Å². The smallest absolute Gasteiger partial charge is 0.284 e. The standard InChI is InChI=1S/C13H10N4O4S2/c14-23(20,21)10-4-5-12(11(7-10)17(18)19)22-13-15-8-9-3-1-2-6-16(9)13/h1-8H,(H2,14,20,21). The summed E-state index contributed by atoms with van der Waals surface area (Å²) in [4.78, 5) is 14.8. The molecule has 10 heteroatoms. The molecule has 0 unspecified atom stereocenters. The summed E-state index contributed by atoms with van der Waals surface area (Å²) in [7, 11) is -4.01. The monoisotopic (exact) mass is 350 g/mol. The highest BCUT2D eigenvalue weighted by Gasteiger charge is 2.21. The van der Waals surface area contributed by atoms with E-state index in [9.17, 15) is 18.5 Å². The predicted molar refractivity (Wildman–Crippen MR) is 83.8 cm³/mol. The van der Waals surface area contributed by atoms with Crippen LogP contribution in [-0.4, -0.2) is 22.7 Å². The van der Waals surface area contributed by atoms with Gasteiger partial charge in [-0.1, -0.05) is 6.07 Å². The summed E-state index contributed by atoms with van der Waals surface area (Å²) in [6, 6.07) is 9.07. The third-order valence-electron chi connectivity index (χ3n) is 3.06. The highest BCUT2D eigenvalue weighted by atomic mass is 32.2. The van der Waals surface area contributed by atoms with E-state index in [1.54, 1.807) is 16.8 Å². The van der Waals surface area contributed by atoms with Crippen LogP contribution >= 0.6 is 11.8 Å². The zero-order chi connectivity index (χ0) is 16.6. The maximum atomic E-state index is 11.3. The van der Waals surface area contributed by atoms with Crippen LogP contribution in [0, 0.1) is 10.1 Å². The Balaban J connectivity index is 2.08. The van der Waals surface area contributed by atoms with Crippen molar-refractivity contribution in [3.63, 3.8) is 0 Å². The Labute approximate surface area is 135 Å². The number of pyridine rings is 1. The minimum Gasteiger partial charge on any atom is -0.295 e. The molecule has 0 aliphatic carbocycles. The molecule has 0 aliphatic rings. The maximum Gasteiger partial charge on any atom is 0.284 e. The van der Waals surface area contributed by atoms with E-state index in [2.05, 4.69) is 4.98 Å². The first-order chi connectivity index (χ1) is 10.9. The number of primary sulfonamides is 1. The molecule has 2 N–H and O–H groups in total. The van der Waals surface area contributed by atoms with E-state index < -0.39 is 14.9 Å². The van der Waals surface area contributed by atoms with Crippen molar-refractivity contribution in [3.8, 4) is 0 Å². The highest BCUT2D eigenvalue weighted by Crippen LogP contribution is 2.35. The predicted octanol–water partition coefficient (Wildman–Crippen LogP) is 2.04. The largest absolute Gasteiger partial charge is 0.295 e. The molecule has 0 amide bonds. The van der Waals surface area contributed by atoms with Gasteiger partial charge in [-0.2, -0.15) is 0 Å². The van der Waals surface area contributed by atoms with Crippen molar-refractivity contribution in [1.29, 1.82) is 0 Å². The normalized spacial score (nSPS) is 11.7. The molecule has 118 valence electrons. The molecule has 8 nitrogen and oxygen atoms in total. The Morgan fingerprint density at radius 1 is 1.26 bits per heavy atom. The van der Waals surface area contributed by atoms with Gasteiger partial charge in [-0.25, -0.2) is 18.5 Å². The summed E-state index contributed by atoms with van der Waals surface area (Å²) in [5.74, 6) is 0. The zero-order valence-corrected chi connectivity index (χ0v) is 13.1. The fourth-order valence-corrected chi connectivity index (χ4v) is 3.47. The number of nitro groups is 1. The summed E-state index contributed by atoms with van der Waals surface area (Å²) in [6.07, 6.45) is 3.43. The third kappa shape index (κ3) is 3.04. The lowest BCUT2D eigenvalue weighted by molar-refractivity contribution is -0.388. The van der Waals surface area contributed by atoms with E-state index in [0.29, 0.717) is 5.16 Å². The first-order valence-electron chi connectivity index (χ1n) is 6.27. The van der Waals surface area contributed by atoms with Crippen LogP contribution in [0.1, 0.15) is 0 Å². The quantitative estimate of drug-likeness (QED) is 0.568. The van der Waals surface area contributed by atoms with Crippen molar-refractivity contribution in [2.75, 3.05) is 0 Å². The minimum absolute atomic E-state index is 0.277. The molecule has 23 heavy (non-hydrogen) atoms. The number of hydrogen-bond acceptors (Lipinski definition) is 6. The third-order valence-corrected chi connectivity index (χ3v) is 5.02. The molecule has 0 spiro atoms. The van der Waals surface area contributed by atoms with Crippen molar-refractivity contribution in [1.82, 2.24) is 9.38 Å². The van der Waals surface area contributed by atoms with E-state index in [1.165, 1.54) is 12.1 Å². The lowest BCUT2D eigenvalue weighted by atomic mass is 10.3. The van der Waals surface area contributed by atoms with Gasteiger partial charge in [0.15, 0.2) is 5.16 Å². The van der Waals surface area contributed by atoms with Gasteiger partial charge in [0.1, 0.15) is 0 Å². The Morgan fingerprint density at radius 2 is 2.04 bits per heavy atom. The molecule has 0 fully saturated rings. The van der Waals surface area contributed by atoms with Gasteiger partial charge in [-0.3, -0.25) is 14.5 Å². The van der Waals surface area contributed by atoms with Crippen LogP contribution in [0.5, 0.6) is 0 Å². The summed E-state index contributed by atoms with van der Waals surface area (Å²) >= 11 is 1.07. The van der Waals surface area contributed by atoms with Crippen molar-refractivity contribution < 1.29 is 13.3 Å². The second-order valence-electron chi connectivity index (χ2n) is 4.57. The highest BCUT2D eigenvalue weighted by molar-refractivity contribution is 7.99. The zero-order valence-electron chi connectivity index (χ0n) is 11.5. The number of aromatic nitrogens is 2. The Bertz CT molecular complexity index is 1010. The van der Waals surface area contributed by atoms with Crippen molar-refractivity contribution >= 4 is 33.0 Å². The van der Waals surface area contributed by atoms with Crippen molar-refractivity contribution in [2.24, 2.45) is 5.14 Å². The number of imidazole rings is 1. The van der Waals surface area contributed by atoms with Gasteiger partial charge in [0.05, 0.1) is 26.4 Å². The van der Waals surface area contributed by atoms with Gasteiger partial charge >= 0.3 is 0 Å². The Hall–Kier alpha value is -2.43. The van der Waals surface area contributed by atoms with Gasteiger partial charge in [-0.05, 0) is 36.0 Å². The molecule has 0 saturated carbocycles. The second-order valence-corrected chi connectivity index (χ2v) is 7.14. The van der Waals surface area contributed by atoms with Gasteiger partial charge < -0.3 is 0 Å². The van der Waals surface area contributed by atoms with Crippen LogP contribution < -0.4 is 5.14 Å². The Kier molecular flexibility index (Phi) is 3.80. The molecule has 2 heterocycles. The average Bonchev–Trinajstić information content (AvgIpc) is 2.90. The molecule has 0 bridgehead atoms. The molecule has 0 radical (unpaired) electrons. The maximum absolute atomic E-state index is 11.3. The number of fused-ring (bicyclic) bond motifs is 1. The number of hydrogen-bond donors (Lipinski definition) is 1. The van der Waals surface area contributed by atoms with Gasteiger partial charge in [-0.15, -0.1) is 0 Å². The van der Waals surface area contributed by atoms with E-state index in [4.69, 9.17) is 5.14 Å². The van der Waals surface area contributed by atoms with Crippen LogP contribution in [0.3, 0.4) is 0 Å². The van der Waals surface area contributed by atoms with E-state index in [-0.39, 0.29) is 15.5 Å². The topological polar surface area (TPSA) is 121 Å². The molecular formula is C13H10N4O4S2. The molecule has 3 rings (SSSR count). The van der Waals surface area contributed by atoms with Crippen molar-refractivity contribution in [2.45, 2.75) is 14.9 Å². The van der Waals surface area contributed by atoms with Crippen LogP contribution in [0.15, 0.2) is 63.7 Å².